The summed E-state index contributed by atoms with van der Waals surface area (Å²) in [5, 5.41) is 0.976. The zero-order valence-corrected chi connectivity index (χ0v) is 20.2. The van der Waals surface area contributed by atoms with Gasteiger partial charge >= 0.3 is 5.69 Å². The van der Waals surface area contributed by atoms with Crippen molar-refractivity contribution < 1.29 is 4.79 Å². The topological polar surface area (TPSA) is 72.7 Å². The molecule has 0 fully saturated rings. The lowest BCUT2D eigenvalue weighted by molar-refractivity contribution is 0.102. The molecule has 0 radical (unpaired) electrons. The predicted octanol–water partition coefficient (Wildman–Crippen LogP) is 5.56. The zero-order chi connectivity index (χ0) is 23.8. The van der Waals surface area contributed by atoms with Crippen LogP contribution in [0.5, 0.6) is 0 Å². The summed E-state index contributed by atoms with van der Waals surface area (Å²) >= 11 is 7.75. The molecule has 0 atom stereocenters. The van der Waals surface area contributed by atoms with Crippen LogP contribution in [0.25, 0.3) is 33.5 Å². The number of nitrogens with zero attached hydrogens (tertiary/aromatic N) is 3. The molecular weight excluding hydrogens is 468 g/mol. The van der Waals surface area contributed by atoms with Crippen LogP contribution in [-0.2, 0) is 14.1 Å². The molecule has 0 aliphatic rings. The van der Waals surface area contributed by atoms with Crippen LogP contribution >= 0.6 is 23.4 Å². The van der Waals surface area contributed by atoms with Crippen molar-refractivity contribution in [1.29, 1.82) is 0 Å². The van der Waals surface area contributed by atoms with Crippen LogP contribution in [0.2, 0.25) is 5.02 Å². The van der Waals surface area contributed by atoms with Crippen LogP contribution in [-0.4, -0.2) is 30.6 Å². The molecule has 0 aliphatic carbocycles. The monoisotopic (exact) mass is 488 g/mol. The number of ketones is 1. The van der Waals surface area contributed by atoms with Crippen LogP contribution in [0, 0.1) is 0 Å². The minimum absolute atomic E-state index is 0.132. The number of halogens is 1. The van der Waals surface area contributed by atoms with E-state index in [1.165, 1.54) is 20.9 Å². The number of carbonyl (C=O) groups excluding carboxylic acids is 1. The van der Waals surface area contributed by atoms with Gasteiger partial charge in [-0.15, -0.1) is 0 Å². The lowest BCUT2D eigenvalue weighted by Crippen LogP contribution is -2.19. The fourth-order valence-corrected chi connectivity index (χ4v) is 5.00. The van der Waals surface area contributed by atoms with Crippen LogP contribution < -0.4 is 5.69 Å². The molecule has 2 heterocycles. The number of H-pyrrole nitrogens is 1. The highest BCUT2D eigenvalue weighted by atomic mass is 35.5. The largest absolute Gasteiger partial charge is 0.332 e. The Bertz CT molecular complexity index is 1510. The summed E-state index contributed by atoms with van der Waals surface area (Å²) in [4.78, 5) is 33.5. The van der Waals surface area contributed by atoms with Gasteiger partial charge in [0.15, 0.2) is 10.9 Å². The Morgan fingerprint density at radius 3 is 2.18 bits per heavy atom. The second-order valence-corrected chi connectivity index (χ2v) is 9.30. The number of aryl methyl sites for hydroxylation is 2. The molecule has 2 aromatic heterocycles. The number of rotatable bonds is 6. The molecule has 170 valence electrons. The molecule has 1 N–H and O–H groups in total. The molecule has 34 heavy (non-hydrogen) atoms. The average Bonchev–Trinajstić information content (AvgIpc) is 3.39. The van der Waals surface area contributed by atoms with E-state index >= 15 is 0 Å². The fraction of sp³-hybridized carbons (Fsp3) is 0.115. The zero-order valence-electron chi connectivity index (χ0n) is 18.6. The number of carbonyl (C=O) groups is 1. The Kier molecular flexibility index (Phi) is 5.89. The van der Waals surface area contributed by atoms with E-state index in [1.54, 1.807) is 26.2 Å². The van der Waals surface area contributed by atoms with E-state index in [1.807, 2.05) is 60.7 Å². The van der Waals surface area contributed by atoms with Crippen LogP contribution in [0.15, 0.2) is 82.7 Å². The summed E-state index contributed by atoms with van der Waals surface area (Å²) in [7, 11) is 3.37. The Morgan fingerprint density at radius 1 is 0.941 bits per heavy atom. The molecule has 0 bridgehead atoms. The first-order chi connectivity index (χ1) is 16.4. The van der Waals surface area contributed by atoms with Gasteiger partial charge in [0.1, 0.15) is 0 Å². The summed E-state index contributed by atoms with van der Waals surface area (Å²) in [6, 6.07) is 23.3. The minimum Gasteiger partial charge on any atom is -0.332 e. The van der Waals surface area contributed by atoms with Crippen LogP contribution in [0.3, 0.4) is 0 Å². The number of hydrogen-bond acceptors (Lipinski definition) is 4. The van der Waals surface area contributed by atoms with Gasteiger partial charge in [-0.3, -0.25) is 13.9 Å². The van der Waals surface area contributed by atoms with Gasteiger partial charge in [-0.2, -0.15) is 0 Å². The summed E-state index contributed by atoms with van der Waals surface area (Å²) in [6.07, 6.45) is 0. The van der Waals surface area contributed by atoms with Crippen molar-refractivity contribution in [2.75, 3.05) is 5.75 Å². The molecule has 0 saturated heterocycles. The third kappa shape index (κ3) is 3.97. The summed E-state index contributed by atoms with van der Waals surface area (Å²) in [6.45, 7) is 0. The lowest BCUT2D eigenvalue weighted by atomic mass is 10.1. The maximum atomic E-state index is 13.1. The number of hydrogen-bond donors (Lipinski definition) is 1. The van der Waals surface area contributed by atoms with Crippen molar-refractivity contribution in [3.8, 4) is 22.5 Å². The van der Waals surface area contributed by atoms with Crippen molar-refractivity contribution in [2.24, 2.45) is 14.1 Å². The number of aromatic amines is 1. The van der Waals surface area contributed by atoms with E-state index in [4.69, 9.17) is 16.6 Å². The highest BCUT2D eigenvalue weighted by molar-refractivity contribution is 7.99. The Morgan fingerprint density at radius 2 is 1.53 bits per heavy atom. The number of Topliss-reactive ketones (excluding diaryl/α,β-unsaturated/α-hetero) is 1. The SMILES string of the molecule is Cn1c(=O)n(C)c2cc(C(=O)CSc3nc(-c4ccccc4)c(-c4ccccc4)[nH]3)c(Cl)cc21. The number of imidazole rings is 2. The fourth-order valence-electron chi connectivity index (χ4n) is 3.98. The highest BCUT2D eigenvalue weighted by Crippen LogP contribution is 2.33. The first-order valence-electron chi connectivity index (χ1n) is 10.7. The molecule has 0 spiro atoms. The Hall–Kier alpha value is -3.55. The van der Waals surface area contributed by atoms with E-state index in [0.29, 0.717) is 26.8 Å². The molecule has 6 nitrogen and oxygen atoms in total. The molecule has 0 aliphatic heterocycles. The third-order valence-electron chi connectivity index (χ3n) is 5.79. The van der Waals surface area contributed by atoms with Crippen LogP contribution in [0.4, 0.5) is 0 Å². The summed E-state index contributed by atoms with van der Waals surface area (Å²) in [5.41, 5.74) is 5.33. The average molecular weight is 489 g/mol. The van der Waals surface area contributed by atoms with Crippen molar-refractivity contribution in [2.45, 2.75) is 5.16 Å². The van der Waals surface area contributed by atoms with Crippen molar-refractivity contribution >= 4 is 40.2 Å². The van der Waals surface area contributed by atoms with Crippen molar-refractivity contribution in [1.82, 2.24) is 19.1 Å². The second kappa shape index (κ2) is 9.00. The van der Waals surface area contributed by atoms with E-state index in [2.05, 4.69) is 4.98 Å². The smallest absolute Gasteiger partial charge is 0.328 e. The maximum Gasteiger partial charge on any atom is 0.328 e. The van der Waals surface area contributed by atoms with Gasteiger partial charge in [-0.05, 0) is 12.1 Å². The number of benzene rings is 3. The van der Waals surface area contributed by atoms with E-state index in [-0.39, 0.29) is 17.2 Å². The van der Waals surface area contributed by atoms with Crippen molar-refractivity contribution in [3.05, 3.63) is 93.9 Å². The number of thioether (sulfide) groups is 1. The van der Waals surface area contributed by atoms with Gasteiger partial charge in [0, 0.05) is 30.8 Å². The van der Waals surface area contributed by atoms with Gasteiger partial charge in [0.25, 0.3) is 0 Å². The van der Waals surface area contributed by atoms with E-state index in [0.717, 1.165) is 22.5 Å². The van der Waals surface area contributed by atoms with E-state index in [9.17, 15) is 9.59 Å². The van der Waals surface area contributed by atoms with Crippen molar-refractivity contribution in [3.63, 3.8) is 0 Å². The molecule has 8 heteroatoms. The van der Waals surface area contributed by atoms with E-state index < -0.39 is 0 Å². The predicted molar refractivity (Wildman–Crippen MR) is 138 cm³/mol. The molecule has 0 unspecified atom stereocenters. The second-order valence-electron chi connectivity index (χ2n) is 7.93. The van der Waals surface area contributed by atoms with Gasteiger partial charge in [-0.1, -0.05) is 84.0 Å². The summed E-state index contributed by atoms with van der Waals surface area (Å²) < 4.78 is 3.03. The Balaban J connectivity index is 1.45. The lowest BCUT2D eigenvalue weighted by Gasteiger charge is -2.05. The third-order valence-corrected chi connectivity index (χ3v) is 6.98. The van der Waals surface area contributed by atoms with Gasteiger partial charge < -0.3 is 4.98 Å². The first-order valence-corrected chi connectivity index (χ1v) is 12.0. The molecule has 0 amide bonds. The van der Waals surface area contributed by atoms with Gasteiger partial charge in [0.05, 0.1) is 33.2 Å². The summed E-state index contributed by atoms with van der Waals surface area (Å²) in [5.74, 6) is 0.0224. The number of nitrogens with one attached hydrogen (secondary N) is 1. The standard InChI is InChI=1S/C26H21ClN4O2S/c1-30-20-13-18(19(27)14-21(20)31(2)26(30)33)22(32)15-34-25-28-23(16-9-5-3-6-10-16)24(29-25)17-11-7-4-8-12-17/h3-14H,15H2,1-2H3,(H,28,29). The molecule has 5 rings (SSSR count). The number of aromatic nitrogens is 4. The van der Waals surface area contributed by atoms with Gasteiger partial charge in [0.2, 0.25) is 0 Å². The quantitative estimate of drug-likeness (QED) is 0.251. The molecule has 3 aromatic carbocycles. The molecule has 0 saturated carbocycles. The molecule has 5 aromatic rings. The first kappa shape index (κ1) is 22.3. The minimum atomic E-state index is -0.164. The van der Waals surface area contributed by atoms with Crippen LogP contribution in [0.1, 0.15) is 10.4 Å². The normalized spacial score (nSPS) is 11.3. The highest BCUT2D eigenvalue weighted by Gasteiger charge is 2.19. The Labute approximate surface area is 205 Å². The maximum absolute atomic E-state index is 13.1. The molecular formula is C26H21ClN4O2S. The number of fused-ring (bicyclic) bond motifs is 1. The van der Waals surface area contributed by atoms with Gasteiger partial charge in [-0.25, -0.2) is 9.78 Å².